The smallest absolute Gasteiger partial charge is 0.251 e. The normalized spacial score (nSPS) is 18.3. The van der Waals surface area contributed by atoms with Crippen LogP contribution in [-0.4, -0.2) is 4.57 Å². The summed E-state index contributed by atoms with van der Waals surface area (Å²) < 4.78 is 2.95. The van der Waals surface area contributed by atoms with Crippen LogP contribution in [0.1, 0.15) is 35.0 Å². The molecule has 0 fully saturated rings. The molecule has 1 aliphatic carbocycles. The van der Waals surface area contributed by atoms with Gasteiger partial charge in [0.05, 0.1) is 6.54 Å². The zero-order chi connectivity index (χ0) is 13.4. The number of nitrogens with zero attached hydrogens (tertiary/aromatic N) is 1. The summed E-state index contributed by atoms with van der Waals surface area (Å²) in [4.78, 5) is 13.3. The number of rotatable bonds is 2. The molecule has 3 rings (SSSR count). The zero-order valence-corrected chi connectivity index (χ0v) is 12.8. The molecule has 0 bridgehead atoms. The minimum absolute atomic E-state index is 0.0631. The molecule has 3 nitrogen and oxygen atoms in total. The maximum absolute atomic E-state index is 12.1. The summed E-state index contributed by atoms with van der Waals surface area (Å²) in [6.07, 6.45) is 3.01. The number of halogens is 1. The topological polar surface area (TPSA) is 48.0 Å². The van der Waals surface area contributed by atoms with Gasteiger partial charge in [-0.25, -0.2) is 0 Å². The van der Waals surface area contributed by atoms with Crippen molar-refractivity contribution in [3.63, 3.8) is 0 Å². The highest BCUT2D eigenvalue weighted by molar-refractivity contribution is 9.10. The van der Waals surface area contributed by atoms with Crippen molar-refractivity contribution in [2.24, 2.45) is 5.73 Å². The predicted octanol–water partition coefficient (Wildman–Crippen LogP) is 3.06. The van der Waals surface area contributed by atoms with Gasteiger partial charge in [0.1, 0.15) is 0 Å². The molecule has 0 saturated carbocycles. The fraction of sp³-hybridized carbons (Fsp3) is 0.357. The highest BCUT2D eigenvalue weighted by Crippen LogP contribution is 2.29. The van der Waals surface area contributed by atoms with E-state index < -0.39 is 0 Å². The molecule has 0 radical (unpaired) electrons. The molecule has 0 aliphatic heterocycles. The van der Waals surface area contributed by atoms with Crippen LogP contribution in [0.3, 0.4) is 0 Å². The molecule has 1 atom stereocenters. The largest absolute Gasteiger partial charge is 0.324 e. The fourth-order valence-corrected chi connectivity index (χ4v) is 4.12. The van der Waals surface area contributed by atoms with E-state index in [0.717, 1.165) is 35.0 Å². The minimum Gasteiger partial charge on any atom is -0.324 e. The van der Waals surface area contributed by atoms with Gasteiger partial charge in [0.25, 0.3) is 5.56 Å². The first-order valence-corrected chi connectivity index (χ1v) is 8.04. The van der Waals surface area contributed by atoms with E-state index in [-0.39, 0.29) is 11.6 Å². The van der Waals surface area contributed by atoms with Crippen molar-refractivity contribution in [2.75, 3.05) is 0 Å². The van der Waals surface area contributed by atoms with Gasteiger partial charge >= 0.3 is 0 Å². The fourth-order valence-electron chi connectivity index (χ4n) is 2.65. The van der Waals surface area contributed by atoms with Crippen molar-refractivity contribution < 1.29 is 0 Å². The Kier molecular flexibility index (Phi) is 3.60. The summed E-state index contributed by atoms with van der Waals surface area (Å²) in [5, 5.41) is 2.03. The van der Waals surface area contributed by atoms with Crippen molar-refractivity contribution in [2.45, 2.75) is 31.8 Å². The second kappa shape index (κ2) is 5.23. The summed E-state index contributed by atoms with van der Waals surface area (Å²) in [6, 6.07) is 5.64. The SMILES string of the molecule is NC1CCCc2c1ccc(=O)n2Cc1sccc1Br. The van der Waals surface area contributed by atoms with E-state index in [1.807, 2.05) is 22.1 Å². The first kappa shape index (κ1) is 13.1. The summed E-state index contributed by atoms with van der Waals surface area (Å²) in [5.74, 6) is 0. The van der Waals surface area contributed by atoms with E-state index in [1.54, 1.807) is 17.4 Å². The van der Waals surface area contributed by atoms with Crippen LogP contribution in [0, 0.1) is 0 Å². The van der Waals surface area contributed by atoms with Crippen molar-refractivity contribution in [3.05, 3.63) is 54.5 Å². The van der Waals surface area contributed by atoms with Crippen LogP contribution in [0.15, 0.2) is 32.8 Å². The van der Waals surface area contributed by atoms with Crippen LogP contribution in [0.4, 0.5) is 0 Å². The van der Waals surface area contributed by atoms with E-state index in [0.29, 0.717) is 6.54 Å². The van der Waals surface area contributed by atoms with Crippen LogP contribution < -0.4 is 11.3 Å². The van der Waals surface area contributed by atoms with Crippen LogP contribution in [0.5, 0.6) is 0 Å². The van der Waals surface area contributed by atoms with E-state index >= 15 is 0 Å². The van der Waals surface area contributed by atoms with Gasteiger partial charge < -0.3 is 10.3 Å². The van der Waals surface area contributed by atoms with E-state index in [1.165, 1.54) is 4.88 Å². The molecule has 0 spiro atoms. The standard InChI is InChI=1S/C14H15BrN2OS/c15-10-6-7-19-13(10)8-17-12-3-1-2-11(16)9(12)4-5-14(17)18/h4-7,11H,1-3,8,16H2. The third-order valence-corrected chi connectivity index (χ3v) is 5.56. The quantitative estimate of drug-likeness (QED) is 0.914. The Hall–Kier alpha value is -0.910. The molecule has 5 heteroatoms. The minimum atomic E-state index is 0.0631. The molecule has 19 heavy (non-hydrogen) atoms. The van der Waals surface area contributed by atoms with Crippen LogP contribution >= 0.6 is 27.3 Å². The van der Waals surface area contributed by atoms with Gasteiger partial charge in [0.2, 0.25) is 0 Å². The van der Waals surface area contributed by atoms with E-state index in [9.17, 15) is 4.79 Å². The summed E-state index contributed by atoms with van der Waals surface area (Å²) >= 11 is 5.19. The van der Waals surface area contributed by atoms with E-state index in [2.05, 4.69) is 15.9 Å². The summed E-state index contributed by atoms with van der Waals surface area (Å²) in [7, 11) is 0. The van der Waals surface area contributed by atoms with Gasteiger partial charge in [-0.2, -0.15) is 0 Å². The lowest BCUT2D eigenvalue weighted by Crippen LogP contribution is -2.29. The van der Waals surface area contributed by atoms with Crippen molar-refractivity contribution in [1.29, 1.82) is 0 Å². The summed E-state index contributed by atoms with van der Waals surface area (Å²) in [6.45, 7) is 0.632. The molecule has 1 aliphatic rings. The Balaban J connectivity index is 2.08. The third kappa shape index (κ3) is 2.42. The first-order chi connectivity index (χ1) is 9.16. The number of hydrogen-bond donors (Lipinski definition) is 1. The van der Waals surface area contributed by atoms with Gasteiger partial charge in [0, 0.05) is 27.2 Å². The van der Waals surface area contributed by atoms with Crippen LogP contribution in [0.25, 0.3) is 0 Å². The molecular weight excluding hydrogens is 324 g/mol. The number of nitrogens with two attached hydrogens (primary N) is 1. The molecule has 100 valence electrons. The molecular formula is C14H15BrN2OS. The molecule has 0 saturated heterocycles. The van der Waals surface area contributed by atoms with Gasteiger partial charge in [-0.3, -0.25) is 4.79 Å². The molecule has 2 N–H and O–H groups in total. The Morgan fingerprint density at radius 2 is 2.26 bits per heavy atom. The van der Waals surface area contributed by atoms with Gasteiger partial charge in [-0.05, 0) is 52.2 Å². The number of pyridine rings is 1. The lowest BCUT2D eigenvalue weighted by Gasteiger charge is -2.25. The molecule has 2 heterocycles. The molecule has 2 aromatic heterocycles. The van der Waals surface area contributed by atoms with Gasteiger partial charge in [-0.1, -0.05) is 6.07 Å². The maximum atomic E-state index is 12.1. The number of aromatic nitrogens is 1. The monoisotopic (exact) mass is 338 g/mol. The van der Waals surface area contributed by atoms with Crippen molar-refractivity contribution >= 4 is 27.3 Å². The average molecular weight is 339 g/mol. The zero-order valence-electron chi connectivity index (χ0n) is 10.4. The highest BCUT2D eigenvalue weighted by Gasteiger charge is 2.20. The number of hydrogen-bond acceptors (Lipinski definition) is 3. The highest BCUT2D eigenvalue weighted by atomic mass is 79.9. The number of fused-ring (bicyclic) bond motifs is 1. The predicted molar refractivity (Wildman–Crippen MR) is 81.7 cm³/mol. The van der Waals surface area contributed by atoms with Gasteiger partial charge in [-0.15, -0.1) is 11.3 Å². The first-order valence-electron chi connectivity index (χ1n) is 6.37. The second-order valence-electron chi connectivity index (χ2n) is 4.85. The van der Waals surface area contributed by atoms with Crippen LogP contribution in [0.2, 0.25) is 0 Å². The second-order valence-corrected chi connectivity index (χ2v) is 6.71. The summed E-state index contributed by atoms with van der Waals surface area (Å²) in [5.41, 5.74) is 8.46. The Bertz CT molecular complexity index is 662. The van der Waals surface area contributed by atoms with Gasteiger partial charge in [0.15, 0.2) is 0 Å². The number of thiophene rings is 1. The van der Waals surface area contributed by atoms with Crippen molar-refractivity contribution in [3.8, 4) is 0 Å². The third-order valence-electron chi connectivity index (χ3n) is 3.65. The lowest BCUT2D eigenvalue weighted by molar-refractivity contribution is 0.530. The molecule has 0 aromatic carbocycles. The Morgan fingerprint density at radius 1 is 1.42 bits per heavy atom. The molecule has 1 unspecified atom stereocenters. The maximum Gasteiger partial charge on any atom is 0.251 e. The molecule has 0 amide bonds. The Morgan fingerprint density at radius 3 is 3.00 bits per heavy atom. The average Bonchev–Trinajstić information content (AvgIpc) is 2.79. The molecule has 2 aromatic rings. The van der Waals surface area contributed by atoms with Crippen molar-refractivity contribution in [1.82, 2.24) is 4.57 Å². The Labute approximate surface area is 124 Å². The lowest BCUT2D eigenvalue weighted by atomic mass is 9.91. The van der Waals surface area contributed by atoms with E-state index in [4.69, 9.17) is 5.73 Å². The van der Waals surface area contributed by atoms with Crippen LogP contribution in [-0.2, 0) is 13.0 Å².